The van der Waals surface area contributed by atoms with Crippen LogP contribution in [0.3, 0.4) is 0 Å². The number of rotatable bonds is 7. The third kappa shape index (κ3) is 4.32. The van der Waals surface area contributed by atoms with Gasteiger partial charge in [0.2, 0.25) is 5.91 Å². The van der Waals surface area contributed by atoms with Crippen molar-refractivity contribution in [1.82, 2.24) is 20.2 Å². The average Bonchev–Trinajstić information content (AvgIpc) is 3.20. The zero-order valence-electron chi connectivity index (χ0n) is 14.4. The highest BCUT2D eigenvalue weighted by Crippen LogP contribution is 2.07. The Bertz CT molecular complexity index is 1070. The number of carbonyl (C=O) groups is 2. The molecule has 27 heavy (non-hydrogen) atoms. The molecule has 9 nitrogen and oxygen atoms in total. The molecule has 1 aromatic carbocycles. The van der Waals surface area contributed by atoms with Gasteiger partial charge in [0.1, 0.15) is 0 Å². The molecule has 0 unspecified atom stereocenters. The summed E-state index contributed by atoms with van der Waals surface area (Å²) in [5, 5.41) is 5.66. The number of benzene rings is 1. The Morgan fingerprint density at radius 2 is 1.81 bits per heavy atom. The van der Waals surface area contributed by atoms with E-state index in [1.54, 1.807) is 36.4 Å². The monoisotopic (exact) mass is 370 g/mol. The first-order chi connectivity index (χ1) is 13.1. The Balaban J connectivity index is 1.51. The summed E-state index contributed by atoms with van der Waals surface area (Å²) in [4.78, 5) is 49.7. The molecule has 0 aliphatic rings. The molecule has 9 heteroatoms. The molecule has 0 aliphatic carbocycles. The molecule has 0 atom stereocenters. The second kappa shape index (κ2) is 8.17. The Kier molecular flexibility index (Phi) is 5.50. The number of para-hydroxylation sites is 1. The fourth-order valence-corrected chi connectivity index (χ4v) is 2.64. The molecule has 2 amide bonds. The van der Waals surface area contributed by atoms with Crippen molar-refractivity contribution in [2.75, 3.05) is 13.1 Å². The minimum Gasteiger partial charge on any atom is -0.459 e. The second-order valence-corrected chi connectivity index (χ2v) is 5.76. The van der Waals surface area contributed by atoms with Crippen LogP contribution in [0, 0.1) is 0 Å². The Morgan fingerprint density at radius 1 is 1.04 bits per heavy atom. The van der Waals surface area contributed by atoms with Gasteiger partial charge in [0.25, 0.3) is 11.5 Å². The summed E-state index contributed by atoms with van der Waals surface area (Å²) in [7, 11) is 0. The van der Waals surface area contributed by atoms with Gasteiger partial charge in [-0.1, -0.05) is 12.1 Å². The van der Waals surface area contributed by atoms with E-state index >= 15 is 0 Å². The molecule has 0 saturated carbocycles. The summed E-state index contributed by atoms with van der Waals surface area (Å²) in [6.07, 6.45) is 1.46. The van der Waals surface area contributed by atoms with Gasteiger partial charge in [-0.05, 0) is 24.3 Å². The first kappa shape index (κ1) is 18.2. The number of amides is 2. The summed E-state index contributed by atoms with van der Waals surface area (Å²) in [5.41, 5.74) is -0.537. The molecular weight excluding hydrogens is 352 g/mol. The lowest BCUT2D eigenvalue weighted by Gasteiger charge is -2.10. The number of fused-ring (bicyclic) bond motifs is 1. The number of hydrogen-bond donors (Lipinski definition) is 3. The summed E-state index contributed by atoms with van der Waals surface area (Å²) in [6, 6.07) is 9.86. The molecule has 140 valence electrons. The molecule has 3 rings (SSSR count). The topological polar surface area (TPSA) is 126 Å². The van der Waals surface area contributed by atoms with E-state index < -0.39 is 11.2 Å². The number of aromatic amines is 1. The number of hydrogen-bond acceptors (Lipinski definition) is 5. The minimum atomic E-state index is -0.558. The maximum atomic E-state index is 12.0. The van der Waals surface area contributed by atoms with E-state index in [4.69, 9.17) is 4.42 Å². The maximum Gasteiger partial charge on any atom is 0.328 e. The smallest absolute Gasteiger partial charge is 0.328 e. The van der Waals surface area contributed by atoms with Crippen molar-refractivity contribution in [1.29, 1.82) is 0 Å². The molecule has 0 aliphatic heterocycles. The van der Waals surface area contributed by atoms with E-state index in [-0.39, 0.29) is 43.6 Å². The lowest BCUT2D eigenvalue weighted by Crippen LogP contribution is -2.36. The highest BCUT2D eigenvalue weighted by molar-refractivity contribution is 5.91. The van der Waals surface area contributed by atoms with Gasteiger partial charge in [0.05, 0.1) is 17.2 Å². The summed E-state index contributed by atoms with van der Waals surface area (Å²) >= 11 is 0. The van der Waals surface area contributed by atoms with Crippen LogP contribution in [0.15, 0.2) is 56.7 Å². The molecule has 0 fully saturated rings. The molecule has 3 N–H and O–H groups in total. The van der Waals surface area contributed by atoms with Crippen molar-refractivity contribution >= 4 is 22.7 Å². The number of nitrogens with zero attached hydrogens (tertiary/aromatic N) is 1. The van der Waals surface area contributed by atoms with Crippen molar-refractivity contribution in [3.8, 4) is 0 Å². The van der Waals surface area contributed by atoms with Crippen molar-refractivity contribution in [3.05, 3.63) is 69.3 Å². The van der Waals surface area contributed by atoms with E-state index in [1.165, 1.54) is 10.8 Å². The number of nitrogens with one attached hydrogen (secondary N) is 3. The minimum absolute atomic E-state index is 0.0576. The van der Waals surface area contributed by atoms with Crippen LogP contribution in [0.4, 0.5) is 0 Å². The summed E-state index contributed by atoms with van der Waals surface area (Å²) in [6.45, 7) is 0.611. The van der Waals surface area contributed by atoms with Crippen molar-refractivity contribution in [3.63, 3.8) is 0 Å². The fourth-order valence-electron chi connectivity index (χ4n) is 2.64. The largest absolute Gasteiger partial charge is 0.459 e. The van der Waals surface area contributed by atoms with Crippen molar-refractivity contribution in [2.24, 2.45) is 0 Å². The van der Waals surface area contributed by atoms with Crippen LogP contribution in [0.2, 0.25) is 0 Å². The summed E-state index contributed by atoms with van der Waals surface area (Å²) < 4.78 is 6.31. The Labute approximate surface area is 153 Å². The van der Waals surface area contributed by atoms with E-state index in [2.05, 4.69) is 15.6 Å². The predicted molar refractivity (Wildman–Crippen MR) is 97.5 cm³/mol. The average molecular weight is 370 g/mol. The zero-order chi connectivity index (χ0) is 19.2. The number of H-pyrrole nitrogens is 1. The number of carbonyl (C=O) groups excluding carboxylic acids is 2. The molecule has 2 aromatic heterocycles. The van der Waals surface area contributed by atoms with E-state index in [0.717, 1.165) is 0 Å². The lowest BCUT2D eigenvalue weighted by molar-refractivity contribution is -0.121. The van der Waals surface area contributed by atoms with Crippen LogP contribution in [0.25, 0.3) is 10.9 Å². The molecule has 2 heterocycles. The normalized spacial score (nSPS) is 10.7. The summed E-state index contributed by atoms with van der Waals surface area (Å²) in [5.74, 6) is -0.435. The van der Waals surface area contributed by atoms with E-state index in [1.807, 2.05) is 0 Å². The van der Waals surface area contributed by atoms with Crippen LogP contribution in [-0.2, 0) is 11.3 Å². The Hall–Kier alpha value is -3.62. The zero-order valence-corrected chi connectivity index (χ0v) is 14.4. The van der Waals surface area contributed by atoms with Crippen LogP contribution < -0.4 is 21.9 Å². The third-order valence-corrected chi connectivity index (χ3v) is 3.95. The molecule has 0 bridgehead atoms. The number of aryl methyl sites for hydroxylation is 1. The van der Waals surface area contributed by atoms with Gasteiger partial charge in [0, 0.05) is 26.1 Å². The molecule has 3 aromatic rings. The van der Waals surface area contributed by atoms with Gasteiger partial charge >= 0.3 is 5.69 Å². The van der Waals surface area contributed by atoms with Gasteiger partial charge in [0.15, 0.2) is 5.76 Å². The Morgan fingerprint density at radius 3 is 2.59 bits per heavy atom. The van der Waals surface area contributed by atoms with E-state index in [9.17, 15) is 19.2 Å². The van der Waals surface area contributed by atoms with Crippen molar-refractivity contribution in [2.45, 2.75) is 13.0 Å². The molecular formula is C18H18N4O5. The second-order valence-electron chi connectivity index (χ2n) is 5.76. The predicted octanol–water partition coefficient (Wildman–Crippen LogP) is 0.219. The maximum absolute atomic E-state index is 12.0. The lowest BCUT2D eigenvalue weighted by atomic mass is 10.2. The highest BCUT2D eigenvalue weighted by Gasteiger charge is 2.10. The van der Waals surface area contributed by atoms with E-state index in [0.29, 0.717) is 10.9 Å². The van der Waals surface area contributed by atoms with Crippen molar-refractivity contribution < 1.29 is 14.0 Å². The first-order valence-electron chi connectivity index (χ1n) is 8.36. The van der Waals surface area contributed by atoms with Crippen LogP contribution in [0.5, 0.6) is 0 Å². The van der Waals surface area contributed by atoms with Crippen LogP contribution >= 0.6 is 0 Å². The van der Waals surface area contributed by atoms with Gasteiger partial charge < -0.3 is 15.1 Å². The van der Waals surface area contributed by atoms with Gasteiger partial charge in [-0.15, -0.1) is 0 Å². The quantitative estimate of drug-likeness (QED) is 0.513. The van der Waals surface area contributed by atoms with Gasteiger partial charge in [-0.3, -0.25) is 23.9 Å². The number of aromatic nitrogens is 2. The number of furan rings is 1. The fraction of sp³-hybridized carbons (Fsp3) is 0.222. The molecule has 0 spiro atoms. The van der Waals surface area contributed by atoms with Gasteiger partial charge in [-0.25, -0.2) is 4.79 Å². The van der Waals surface area contributed by atoms with Gasteiger partial charge in [-0.2, -0.15) is 0 Å². The molecule has 0 saturated heterocycles. The van der Waals surface area contributed by atoms with Crippen LogP contribution in [0.1, 0.15) is 17.0 Å². The standard InChI is InChI=1S/C18H18N4O5/c23-15(19-8-9-20-17(25)14-6-3-11-27-14)7-10-22-13-5-2-1-4-12(13)16(24)21-18(22)26/h1-6,11H,7-10H2,(H,19,23)(H,20,25)(H,21,24,26). The first-order valence-corrected chi connectivity index (χ1v) is 8.36. The third-order valence-electron chi connectivity index (χ3n) is 3.95. The van der Waals surface area contributed by atoms with Crippen LogP contribution in [-0.4, -0.2) is 34.5 Å². The highest BCUT2D eigenvalue weighted by atomic mass is 16.3. The SMILES string of the molecule is O=C(CCn1c(=O)[nH]c(=O)c2ccccc21)NCCNC(=O)c1ccco1. The molecule has 0 radical (unpaired) electrons.